The van der Waals surface area contributed by atoms with Crippen molar-refractivity contribution < 1.29 is 14.4 Å². The number of nitrogens with one attached hydrogen (secondary N) is 1. The molecule has 0 bridgehead atoms. The molecule has 1 N–H and O–H groups in total. The van der Waals surface area contributed by atoms with Gasteiger partial charge in [0.25, 0.3) is 5.91 Å². The molecule has 3 fully saturated rings. The number of nitrogens with zero attached hydrogens (tertiary/aromatic N) is 5. The number of hydrogen-bond acceptors (Lipinski definition) is 6. The van der Waals surface area contributed by atoms with Gasteiger partial charge in [0.1, 0.15) is 0 Å². The number of piperazine rings is 1. The van der Waals surface area contributed by atoms with Crippen molar-refractivity contribution in [3.05, 3.63) is 88.7 Å². The molecule has 4 aromatic rings. The van der Waals surface area contributed by atoms with Crippen LogP contribution in [0.4, 0.5) is 0 Å². The fourth-order valence-corrected chi connectivity index (χ4v) is 7.50. The van der Waals surface area contributed by atoms with Gasteiger partial charge in [0.05, 0.1) is 11.4 Å². The van der Waals surface area contributed by atoms with Crippen LogP contribution in [-0.2, 0) is 9.59 Å². The first-order chi connectivity index (χ1) is 23.3. The van der Waals surface area contributed by atoms with E-state index in [1.807, 2.05) is 75.4 Å². The average molecular weight is 647 g/mol. The fraction of sp³-hybridized carbons (Fsp3) is 0.395. The number of aromatic nitrogens is 2. The Hall–Kier alpha value is -4.83. The van der Waals surface area contributed by atoms with E-state index in [9.17, 15) is 19.2 Å². The smallest absolute Gasteiger partial charge is 0.254 e. The number of carbonyl (C=O) groups is 3. The van der Waals surface area contributed by atoms with Gasteiger partial charge in [0.2, 0.25) is 17.4 Å². The lowest BCUT2D eigenvalue weighted by molar-refractivity contribution is -0.141. The van der Waals surface area contributed by atoms with E-state index >= 15 is 0 Å². The van der Waals surface area contributed by atoms with Gasteiger partial charge in [-0.3, -0.25) is 24.1 Å². The van der Waals surface area contributed by atoms with E-state index in [0.29, 0.717) is 43.5 Å². The molecule has 0 unspecified atom stereocenters. The van der Waals surface area contributed by atoms with Crippen LogP contribution in [0.2, 0.25) is 0 Å². The molecule has 5 heterocycles. The van der Waals surface area contributed by atoms with Crippen LogP contribution in [0.25, 0.3) is 33.4 Å². The van der Waals surface area contributed by atoms with E-state index in [4.69, 9.17) is 4.98 Å². The van der Waals surface area contributed by atoms with Crippen LogP contribution < -0.4 is 5.56 Å². The third-order valence-electron chi connectivity index (χ3n) is 10.3. The summed E-state index contributed by atoms with van der Waals surface area (Å²) in [5.41, 5.74) is 4.47. The first-order valence-electron chi connectivity index (χ1n) is 17.1. The summed E-state index contributed by atoms with van der Waals surface area (Å²) in [5, 5.41) is 0.896. The van der Waals surface area contributed by atoms with Crippen molar-refractivity contribution in [1.82, 2.24) is 29.6 Å². The summed E-state index contributed by atoms with van der Waals surface area (Å²) in [6.07, 6.45) is 3.40. The maximum Gasteiger partial charge on any atom is 0.254 e. The summed E-state index contributed by atoms with van der Waals surface area (Å²) in [7, 11) is 0. The van der Waals surface area contributed by atoms with Gasteiger partial charge >= 0.3 is 0 Å². The monoisotopic (exact) mass is 646 g/mol. The minimum atomic E-state index is -0.146. The number of fused-ring (bicyclic) bond motifs is 1. The van der Waals surface area contributed by atoms with Gasteiger partial charge in [-0.1, -0.05) is 36.4 Å². The Balaban J connectivity index is 1.00. The Bertz CT molecular complexity index is 1870. The Morgan fingerprint density at radius 3 is 2.04 bits per heavy atom. The molecule has 48 heavy (non-hydrogen) atoms. The summed E-state index contributed by atoms with van der Waals surface area (Å²) >= 11 is 0. The molecule has 3 amide bonds. The molecule has 7 rings (SSSR count). The van der Waals surface area contributed by atoms with Crippen LogP contribution in [0, 0.1) is 5.92 Å². The molecule has 3 aliphatic rings. The van der Waals surface area contributed by atoms with Crippen LogP contribution in [-0.4, -0.2) is 106 Å². The van der Waals surface area contributed by atoms with Gasteiger partial charge < -0.3 is 19.7 Å². The van der Waals surface area contributed by atoms with Gasteiger partial charge in [0.15, 0.2) is 0 Å². The number of carbonyl (C=O) groups excluding carboxylic acids is 3. The van der Waals surface area contributed by atoms with Crippen molar-refractivity contribution in [3.63, 3.8) is 0 Å². The highest BCUT2D eigenvalue weighted by atomic mass is 16.2. The third kappa shape index (κ3) is 6.75. The van der Waals surface area contributed by atoms with Crippen molar-refractivity contribution in [2.75, 3.05) is 52.4 Å². The number of aromatic amines is 1. The predicted octanol–water partition coefficient (Wildman–Crippen LogP) is 4.26. The lowest BCUT2D eigenvalue weighted by atomic mass is 9.93. The number of likely N-dealkylation sites (tertiary alicyclic amines) is 2. The minimum Gasteiger partial charge on any atom is -0.343 e. The lowest BCUT2D eigenvalue weighted by Crippen LogP contribution is -2.55. The van der Waals surface area contributed by atoms with E-state index in [1.165, 1.54) is 6.07 Å². The van der Waals surface area contributed by atoms with Crippen molar-refractivity contribution in [1.29, 1.82) is 0 Å². The highest BCUT2D eigenvalue weighted by molar-refractivity contribution is 5.97. The highest BCUT2D eigenvalue weighted by Gasteiger charge is 2.34. The molecule has 0 atom stereocenters. The standard InChI is InChI=1S/C38H42N6O4/c1-26(45)41-15-11-28(12-16-41)37(47)43-17-13-32(14-18-43)42-19-21-44(22-20-42)38(48)31-24-34(27-5-3-2-4-6-27)39-35(25-31)30-7-9-33-29(23-30)8-10-36(46)40-33/h2-10,23-25,28,32H,11-22H2,1H3,(H,40,46). The molecule has 3 saturated heterocycles. The van der Waals surface area contributed by atoms with Crippen LogP contribution in [0.15, 0.2) is 77.6 Å². The number of hydrogen-bond donors (Lipinski definition) is 1. The second-order valence-electron chi connectivity index (χ2n) is 13.3. The highest BCUT2D eigenvalue weighted by Crippen LogP contribution is 2.29. The number of amides is 3. The maximum absolute atomic E-state index is 14.0. The molecule has 3 aliphatic heterocycles. The summed E-state index contributed by atoms with van der Waals surface area (Å²) in [4.78, 5) is 66.8. The molecule has 0 spiro atoms. The van der Waals surface area contributed by atoms with Crippen LogP contribution in [0.1, 0.15) is 43.0 Å². The van der Waals surface area contributed by atoms with Gasteiger partial charge in [0, 0.05) is 99.5 Å². The Morgan fingerprint density at radius 2 is 1.35 bits per heavy atom. The van der Waals surface area contributed by atoms with Crippen LogP contribution in [0.3, 0.4) is 0 Å². The van der Waals surface area contributed by atoms with Gasteiger partial charge in [-0.05, 0) is 61.4 Å². The normalized spacial score (nSPS) is 18.3. The van der Waals surface area contributed by atoms with Crippen LogP contribution in [0.5, 0.6) is 0 Å². The molecule has 0 aliphatic carbocycles. The zero-order chi connectivity index (χ0) is 33.2. The first kappa shape index (κ1) is 31.8. The number of piperidine rings is 2. The van der Waals surface area contributed by atoms with E-state index in [1.54, 1.807) is 13.0 Å². The average Bonchev–Trinajstić information content (AvgIpc) is 3.14. The minimum absolute atomic E-state index is 0.00293. The Morgan fingerprint density at radius 1 is 0.688 bits per heavy atom. The van der Waals surface area contributed by atoms with E-state index in [2.05, 4.69) is 9.88 Å². The fourth-order valence-electron chi connectivity index (χ4n) is 7.50. The second kappa shape index (κ2) is 13.7. The van der Waals surface area contributed by atoms with Crippen molar-refractivity contribution in [3.8, 4) is 22.5 Å². The van der Waals surface area contributed by atoms with Gasteiger partial charge in [-0.25, -0.2) is 4.98 Å². The summed E-state index contributed by atoms with van der Waals surface area (Å²) < 4.78 is 0. The topological polar surface area (TPSA) is 110 Å². The Labute approximate surface area is 280 Å². The second-order valence-corrected chi connectivity index (χ2v) is 13.3. The number of benzene rings is 2. The third-order valence-corrected chi connectivity index (χ3v) is 10.3. The van der Waals surface area contributed by atoms with Crippen molar-refractivity contribution in [2.24, 2.45) is 5.92 Å². The number of rotatable bonds is 5. The van der Waals surface area contributed by atoms with E-state index in [-0.39, 0.29) is 29.2 Å². The molecule has 248 valence electrons. The molecule has 2 aromatic heterocycles. The molecule has 2 aromatic carbocycles. The van der Waals surface area contributed by atoms with Gasteiger partial charge in [-0.15, -0.1) is 0 Å². The molecule has 10 nitrogen and oxygen atoms in total. The quantitative estimate of drug-likeness (QED) is 0.347. The first-order valence-corrected chi connectivity index (χ1v) is 17.1. The van der Waals surface area contributed by atoms with Crippen molar-refractivity contribution in [2.45, 2.75) is 38.6 Å². The number of pyridine rings is 2. The molecule has 0 saturated carbocycles. The maximum atomic E-state index is 14.0. The van der Waals surface area contributed by atoms with Crippen molar-refractivity contribution >= 4 is 28.6 Å². The largest absolute Gasteiger partial charge is 0.343 e. The zero-order valence-corrected chi connectivity index (χ0v) is 27.4. The number of H-pyrrole nitrogens is 1. The molecule has 10 heteroatoms. The molecular formula is C38H42N6O4. The lowest BCUT2D eigenvalue weighted by Gasteiger charge is -2.43. The summed E-state index contributed by atoms with van der Waals surface area (Å²) in [6.45, 7) is 7.38. The van der Waals surface area contributed by atoms with Crippen LogP contribution >= 0.6 is 0 Å². The Kier molecular flexibility index (Phi) is 9.08. The predicted molar refractivity (Wildman–Crippen MR) is 185 cm³/mol. The van der Waals surface area contributed by atoms with E-state index in [0.717, 1.165) is 79.6 Å². The van der Waals surface area contributed by atoms with Gasteiger partial charge in [-0.2, -0.15) is 0 Å². The van der Waals surface area contributed by atoms with E-state index < -0.39 is 0 Å². The summed E-state index contributed by atoms with van der Waals surface area (Å²) in [5.74, 6) is 0.357. The summed E-state index contributed by atoms with van der Waals surface area (Å²) in [6, 6.07) is 23.2. The zero-order valence-electron chi connectivity index (χ0n) is 27.4. The molecular weight excluding hydrogens is 604 g/mol. The molecule has 0 radical (unpaired) electrons. The SMILES string of the molecule is CC(=O)N1CCC(C(=O)N2CCC(N3CCN(C(=O)c4cc(-c5ccccc5)nc(-c5ccc6[nH]c(=O)ccc6c5)c4)CC3)CC2)CC1.